The van der Waals surface area contributed by atoms with Crippen molar-refractivity contribution >= 4 is 20.8 Å². The lowest BCUT2D eigenvalue weighted by Gasteiger charge is -2.43. The summed E-state index contributed by atoms with van der Waals surface area (Å²) in [5, 5.41) is 25.6. The smallest absolute Gasteiger partial charge is 0.205 e. The maximum absolute atomic E-state index is 12.2. The van der Waals surface area contributed by atoms with Gasteiger partial charge in [0.15, 0.2) is 0 Å². The minimum absolute atomic E-state index is 0.801. The normalized spacial score (nSPS) is 11.7. The molecule has 0 aromatic heterocycles. The number of unbranched alkanes of at least 4 members (excludes halogenated alkanes) is 7. The molecule has 3 aromatic rings. The summed E-state index contributed by atoms with van der Waals surface area (Å²) in [6.07, 6.45) is 12.5. The Hall–Kier alpha value is -2.26. The van der Waals surface area contributed by atoms with Crippen LogP contribution in [0.3, 0.4) is 0 Å². The van der Waals surface area contributed by atoms with Gasteiger partial charge in [0, 0.05) is 7.32 Å². The summed E-state index contributed by atoms with van der Waals surface area (Å²) in [6, 6.07) is 27.4. The molecule has 0 radical (unpaired) electrons. The van der Waals surface area contributed by atoms with E-state index < -0.39 is 15.6 Å². The van der Waals surface area contributed by atoms with Crippen LogP contribution in [-0.4, -0.2) is 77.0 Å². The van der Waals surface area contributed by atoms with Crippen LogP contribution in [0.4, 0.5) is 0 Å². The molecule has 0 saturated heterocycles. The Morgan fingerprint density at radius 2 is 0.912 bits per heavy atom. The largest absolute Gasteiger partial charge is 0.872 e. The summed E-state index contributed by atoms with van der Waals surface area (Å²) in [6.45, 7) is 35.0. The highest BCUT2D eigenvalue weighted by atomic mass is 28.4. The first-order chi connectivity index (χ1) is 27.5. The van der Waals surface area contributed by atoms with Gasteiger partial charge in [-0.1, -0.05) is 151 Å². The minimum atomic E-state index is -2.87. The van der Waals surface area contributed by atoms with Crippen LogP contribution in [0.1, 0.15) is 146 Å². The summed E-state index contributed by atoms with van der Waals surface area (Å²) < 4.78 is 8.64. The molecular formula is C50H87BN2O3Si. The van der Waals surface area contributed by atoms with Crippen LogP contribution in [0.25, 0.3) is 22.3 Å². The Bertz CT molecular complexity index is 1370. The molecule has 0 fully saturated rings. The van der Waals surface area contributed by atoms with Gasteiger partial charge in [0.25, 0.3) is 0 Å². The standard InChI is InChI=1S/C34H47BO3Si.2C8H20N/c1-4-7-10-11-12-14-20-30-23-17-18-24-31(30)34-32(29-21-15-13-16-22-29)25-19-26-33(34)39(27-8-5-2,28-9-6-3)38-35(36)37;2*1-5-9(6-2,7-3)8-4/h13,15-19,21-26H,4-12,14,20,27-28H2,1-3H3;2*5-8H2,1-4H3/q-2;2*+1. The topological polar surface area (TPSA) is 55.3 Å². The van der Waals surface area contributed by atoms with Gasteiger partial charge in [-0.25, -0.2) is 0 Å². The monoisotopic (exact) mass is 803 g/mol. The average molecular weight is 803 g/mol. The highest BCUT2D eigenvalue weighted by molar-refractivity contribution is 6.90. The van der Waals surface area contributed by atoms with E-state index >= 15 is 0 Å². The number of hydrogen-bond donors (Lipinski definition) is 0. The molecule has 0 aliphatic carbocycles. The van der Waals surface area contributed by atoms with Crippen LogP contribution in [0, 0.1) is 0 Å². The van der Waals surface area contributed by atoms with Crippen molar-refractivity contribution in [2.24, 2.45) is 0 Å². The third-order valence-electron chi connectivity index (χ3n) is 13.3. The van der Waals surface area contributed by atoms with Crippen LogP contribution in [-0.2, 0) is 10.8 Å². The molecule has 0 heterocycles. The molecule has 0 spiro atoms. The van der Waals surface area contributed by atoms with Crippen molar-refractivity contribution in [2.45, 2.75) is 159 Å². The first-order valence-corrected chi connectivity index (χ1v) is 25.8. The first-order valence-electron chi connectivity index (χ1n) is 23.5. The molecule has 0 amide bonds. The number of aryl methyl sites for hydroxylation is 1. The number of nitrogens with zero attached hydrogens (tertiary/aromatic N) is 2. The Labute approximate surface area is 354 Å². The van der Waals surface area contributed by atoms with Crippen LogP contribution in [0.15, 0.2) is 72.8 Å². The number of benzene rings is 3. The fourth-order valence-electron chi connectivity index (χ4n) is 8.53. The van der Waals surface area contributed by atoms with Crippen molar-refractivity contribution in [3.05, 3.63) is 78.4 Å². The maximum atomic E-state index is 12.2. The molecule has 0 bridgehead atoms. The first kappa shape index (κ1) is 52.8. The maximum Gasteiger partial charge on any atom is 0.205 e. The molecular weight excluding hydrogens is 715 g/mol. The molecule has 0 unspecified atom stereocenters. The second kappa shape index (κ2) is 29.9. The molecule has 3 rings (SSSR count). The molecule has 0 saturated carbocycles. The summed E-state index contributed by atoms with van der Waals surface area (Å²) in [7, 11) is -5.14. The third-order valence-corrected chi connectivity index (χ3v) is 17.6. The lowest BCUT2D eigenvalue weighted by molar-refractivity contribution is -0.921. The van der Waals surface area contributed by atoms with Crippen molar-refractivity contribution < 1.29 is 23.4 Å². The van der Waals surface area contributed by atoms with Crippen molar-refractivity contribution in [3.63, 3.8) is 0 Å². The Morgan fingerprint density at radius 3 is 1.37 bits per heavy atom. The Morgan fingerprint density at radius 1 is 0.474 bits per heavy atom. The van der Waals surface area contributed by atoms with E-state index in [2.05, 4.69) is 143 Å². The molecule has 57 heavy (non-hydrogen) atoms. The van der Waals surface area contributed by atoms with Crippen LogP contribution < -0.4 is 15.2 Å². The molecule has 3 aromatic carbocycles. The fourth-order valence-corrected chi connectivity index (χ4v) is 13.0. The lowest BCUT2D eigenvalue weighted by Crippen LogP contribution is -2.62. The second-order valence-electron chi connectivity index (χ2n) is 16.1. The zero-order valence-electron chi connectivity index (χ0n) is 39.0. The molecule has 5 nitrogen and oxygen atoms in total. The predicted molar refractivity (Wildman–Crippen MR) is 251 cm³/mol. The zero-order valence-corrected chi connectivity index (χ0v) is 40.0. The highest BCUT2D eigenvalue weighted by Crippen LogP contribution is 2.37. The van der Waals surface area contributed by atoms with Crippen LogP contribution in [0.5, 0.6) is 0 Å². The molecule has 7 heteroatoms. The Balaban J connectivity index is 0.000000744. The van der Waals surface area contributed by atoms with Gasteiger partial charge in [0.05, 0.1) is 52.4 Å². The summed E-state index contributed by atoms with van der Waals surface area (Å²) in [4.78, 5) is 0. The van der Waals surface area contributed by atoms with Crippen molar-refractivity contribution in [2.75, 3.05) is 52.4 Å². The van der Waals surface area contributed by atoms with E-state index in [0.29, 0.717) is 0 Å². The number of quaternary nitrogens is 2. The fraction of sp³-hybridized carbons (Fsp3) is 0.640. The number of rotatable bonds is 26. The van der Waals surface area contributed by atoms with Gasteiger partial charge in [-0.15, -0.1) is 0 Å². The molecule has 322 valence electrons. The predicted octanol–water partition coefficient (Wildman–Crippen LogP) is 11.2. The molecule has 0 atom stereocenters. The van der Waals surface area contributed by atoms with E-state index in [1.54, 1.807) is 0 Å². The second-order valence-corrected chi connectivity index (χ2v) is 19.9. The lowest BCUT2D eigenvalue weighted by atomic mass is 9.90. The summed E-state index contributed by atoms with van der Waals surface area (Å²) in [5.74, 6) is 0. The van der Waals surface area contributed by atoms with Crippen molar-refractivity contribution in [3.8, 4) is 22.3 Å². The average Bonchev–Trinajstić information content (AvgIpc) is 3.25. The van der Waals surface area contributed by atoms with E-state index in [-0.39, 0.29) is 0 Å². The van der Waals surface area contributed by atoms with Gasteiger partial charge < -0.3 is 23.4 Å². The van der Waals surface area contributed by atoms with Gasteiger partial charge in [-0.05, 0) is 113 Å². The SMILES string of the molecule is CCCCCCCCc1ccccc1-c1c(-c2ccccc2)cccc1[Si](CCCC)(CCCC)OB([O-])[O-].CC[N+](CC)(CC)CC.CC[N+](CC)(CC)CC. The van der Waals surface area contributed by atoms with Crippen molar-refractivity contribution in [1.29, 1.82) is 0 Å². The number of hydrogen-bond acceptors (Lipinski definition) is 3. The van der Waals surface area contributed by atoms with E-state index in [4.69, 9.17) is 4.34 Å². The van der Waals surface area contributed by atoms with Gasteiger partial charge in [-0.3, -0.25) is 0 Å². The Kier molecular flexibility index (Phi) is 27.7. The van der Waals surface area contributed by atoms with Gasteiger partial charge in [-0.2, -0.15) is 0 Å². The van der Waals surface area contributed by atoms with E-state index in [0.717, 1.165) is 66.9 Å². The molecule has 0 N–H and O–H groups in total. The van der Waals surface area contributed by atoms with E-state index in [1.807, 2.05) is 6.07 Å². The van der Waals surface area contributed by atoms with Gasteiger partial charge in [0.1, 0.15) is 0 Å². The van der Waals surface area contributed by atoms with Gasteiger partial charge >= 0.3 is 0 Å². The van der Waals surface area contributed by atoms with Crippen LogP contribution >= 0.6 is 0 Å². The van der Waals surface area contributed by atoms with E-state index in [9.17, 15) is 10.0 Å². The van der Waals surface area contributed by atoms with Crippen molar-refractivity contribution in [1.82, 2.24) is 0 Å². The van der Waals surface area contributed by atoms with Gasteiger partial charge in [0.2, 0.25) is 8.32 Å². The highest BCUT2D eigenvalue weighted by Gasteiger charge is 2.38. The third kappa shape index (κ3) is 17.1. The minimum Gasteiger partial charge on any atom is -0.872 e. The molecule has 0 aliphatic rings. The summed E-state index contributed by atoms with van der Waals surface area (Å²) in [5.41, 5.74) is 6.04. The molecule has 0 aliphatic heterocycles. The van der Waals surface area contributed by atoms with E-state index in [1.165, 1.54) is 110 Å². The zero-order chi connectivity index (χ0) is 42.6. The van der Waals surface area contributed by atoms with Crippen LogP contribution in [0.2, 0.25) is 12.1 Å². The summed E-state index contributed by atoms with van der Waals surface area (Å²) >= 11 is 0. The quantitative estimate of drug-likeness (QED) is 0.0461.